The van der Waals surface area contributed by atoms with Crippen molar-refractivity contribution in [2.24, 2.45) is 7.05 Å². The lowest BCUT2D eigenvalue weighted by molar-refractivity contribution is 0.249. The molecule has 2 N–H and O–H groups in total. The summed E-state index contributed by atoms with van der Waals surface area (Å²) in [5.41, 5.74) is 1.29. The van der Waals surface area contributed by atoms with Gasteiger partial charge in [-0.3, -0.25) is 0 Å². The first kappa shape index (κ1) is 17.0. The van der Waals surface area contributed by atoms with Gasteiger partial charge >= 0.3 is 6.03 Å². The molecule has 7 heteroatoms. The molecule has 0 saturated heterocycles. The molecule has 0 spiro atoms. The highest BCUT2D eigenvalue weighted by Gasteiger charge is 2.21. The minimum atomic E-state index is -0.528. The Balaban J connectivity index is 1.83. The van der Waals surface area contributed by atoms with Gasteiger partial charge in [-0.05, 0) is 35.9 Å². The van der Waals surface area contributed by atoms with Crippen molar-refractivity contribution in [1.29, 1.82) is 0 Å². The van der Waals surface area contributed by atoms with Gasteiger partial charge in [0.1, 0.15) is 17.7 Å². The molecule has 3 rings (SSSR count). The van der Waals surface area contributed by atoms with Crippen LogP contribution >= 0.6 is 11.6 Å². The molecule has 2 amide bonds. The molecule has 0 aliphatic carbocycles. The van der Waals surface area contributed by atoms with E-state index in [0.29, 0.717) is 16.5 Å². The lowest BCUT2D eigenvalue weighted by Gasteiger charge is -2.19. The summed E-state index contributed by atoms with van der Waals surface area (Å²) < 4.78 is 15.0. The van der Waals surface area contributed by atoms with Gasteiger partial charge in [-0.15, -0.1) is 0 Å². The lowest BCUT2D eigenvalue weighted by atomic mass is 10.1. The van der Waals surface area contributed by atoms with Crippen molar-refractivity contribution in [1.82, 2.24) is 14.9 Å². The Kier molecular flexibility index (Phi) is 5.00. The van der Waals surface area contributed by atoms with Crippen LogP contribution in [0.4, 0.5) is 14.9 Å². The molecule has 3 aromatic rings. The normalized spacial score (nSPS) is 11.8. The summed E-state index contributed by atoms with van der Waals surface area (Å²) in [7, 11) is 1.83. The Labute approximate surface area is 149 Å². The fourth-order valence-electron chi connectivity index (χ4n) is 2.47. The Morgan fingerprint density at radius 1 is 1.24 bits per heavy atom. The molecule has 1 aromatic heterocycles. The molecule has 0 aliphatic heterocycles. The molecule has 0 bridgehead atoms. The van der Waals surface area contributed by atoms with Gasteiger partial charge in [0.15, 0.2) is 0 Å². The van der Waals surface area contributed by atoms with Crippen LogP contribution in [0.3, 0.4) is 0 Å². The Morgan fingerprint density at radius 3 is 2.64 bits per heavy atom. The Bertz CT molecular complexity index is 879. The lowest BCUT2D eigenvalue weighted by Crippen LogP contribution is -2.34. The van der Waals surface area contributed by atoms with Crippen LogP contribution in [0, 0.1) is 5.82 Å². The van der Waals surface area contributed by atoms with E-state index in [1.165, 1.54) is 12.1 Å². The van der Waals surface area contributed by atoms with Crippen molar-refractivity contribution in [3.05, 3.63) is 83.2 Å². The first-order chi connectivity index (χ1) is 12.0. The van der Waals surface area contributed by atoms with E-state index in [9.17, 15) is 9.18 Å². The van der Waals surface area contributed by atoms with Crippen molar-refractivity contribution in [2.45, 2.75) is 6.04 Å². The second-order valence-corrected chi connectivity index (χ2v) is 5.93. The third kappa shape index (κ3) is 4.16. The molecular weight excluding hydrogens is 343 g/mol. The van der Waals surface area contributed by atoms with E-state index in [2.05, 4.69) is 15.6 Å². The monoisotopic (exact) mass is 358 g/mol. The van der Waals surface area contributed by atoms with Crippen LogP contribution < -0.4 is 10.6 Å². The summed E-state index contributed by atoms with van der Waals surface area (Å²) in [5, 5.41) is 6.12. The highest BCUT2D eigenvalue weighted by molar-refractivity contribution is 6.30. The van der Waals surface area contributed by atoms with E-state index in [0.717, 1.165) is 5.56 Å². The van der Waals surface area contributed by atoms with E-state index in [1.54, 1.807) is 53.4 Å². The average Bonchev–Trinajstić information content (AvgIpc) is 2.99. The van der Waals surface area contributed by atoms with Gasteiger partial charge < -0.3 is 15.2 Å². The van der Waals surface area contributed by atoms with Gasteiger partial charge in [-0.2, -0.15) is 0 Å². The number of imidazole rings is 1. The quantitative estimate of drug-likeness (QED) is 0.737. The first-order valence-electron chi connectivity index (χ1n) is 7.59. The highest BCUT2D eigenvalue weighted by Crippen LogP contribution is 2.21. The highest BCUT2D eigenvalue weighted by atomic mass is 35.5. The zero-order valence-electron chi connectivity index (χ0n) is 13.4. The van der Waals surface area contributed by atoms with E-state index >= 15 is 0 Å². The maximum absolute atomic E-state index is 13.2. The molecule has 5 nitrogen and oxygen atoms in total. The minimum Gasteiger partial charge on any atom is -0.336 e. The molecular formula is C18H16ClFN4O. The Morgan fingerprint density at radius 2 is 2.00 bits per heavy atom. The van der Waals surface area contributed by atoms with Gasteiger partial charge in [-0.25, -0.2) is 14.2 Å². The van der Waals surface area contributed by atoms with Crippen molar-refractivity contribution in [3.63, 3.8) is 0 Å². The molecule has 0 aliphatic rings. The zero-order valence-corrected chi connectivity index (χ0v) is 14.2. The van der Waals surface area contributed by atoms with E-state index in [1.807, 2.05) is 7.05 Å². The molecule has 1 atom stereocenters. The molecule has 0 radical (unpaired) electrons. The predicted molar refractivity (Wildman–Crippen MR) is 95.1 cm³/mol. The molecule has 2 aromatic carbocycles. The number of nitrogens with zero attached hydrogens (tertiary/aromatic N) is 2. The first-order valence-corrected chi connectivity index (χ1v) is 7.96. The SMILES string of the molecule is Cn1ccnc1C(NC(=O)Nc1cccc(Cl)c1)c1ccc(F)cc1. The number of hydrogen-bond acceptors (Lipinski definition) is 2. The van der Waals surface area contributed by atoms with Crippen molar-refractivity contribution >= 4 is 23.3 Å². The predicted octanol–water partition coefficient (Wildman–Crippen LogP) is 4.12. The number of nitrogens with one attached hydrogen (secondary N) is 2. The smallest absolute Gasteiger partial charge is 0.320 e. The largest absolute Gasteiger partial charge is 0.336 e. The maximum Gasteiger partial charge on any atom is 0.320 e. The second kappa shape index (κ2) is 7.36. The van der Waals surface area contributed by atoms with Crippen molar-refractivity contribution in [2.75, 3.05) is 5.32 Å². The van der Waals surface area contributed by atoms with Gasteiger partial charge in [0, 0.05) is 30.2 Å². The fourth-order valence-corrected chi connectivity index (χ4v) is 2.66. The molecule has 1 unspecified atom stereocenters. The third-order valence-corrected chi connectivity index (χ3v) is 3.91. The summed E-state index contributed by atoms with van der Waals surface area (Å²) >= 11 is 5.93. The number of urea groups is 1. The van der Waals surface area contributed by atoms with E-state index in [4.69, 9.17) is 11.6 Å². The van der Waals surface area contributed by atoms with Crippen LogP contribution in [-0.2, 0) is 7.05 Å². The van der Waals surface area contributed by atoms with Gasteiger partial charge in [0.05, 0.1) is 0 Å². The van der Waals surface area contributed by atoms with E-state index in [-0.39, 0.29) is 5.82 Å². The fraction of sp³-hybridized carbons (Fsp3) is 0.111. The number of carbonyl (C=O) groups is 1. The molecule has 128 valence electrons. The standard InChI is InChI=1S/C18H16ClFN4O/c1-24-10-9-21-17(24)16(12-5-7-14(20)8-6-12)23-18(25)22-15-4-2-3-13(19)11-15/h2-11,16H,1H3,(H2,22,23,25). The van der Waals surface area contributed by atoms with Crippen LogP contribution in [0.2, 0.25) is 5.02 Å². The number of hydrogen-bond donors (Lipinski definition) is 2. The van der Waals surface area contributed by atoms with Crippen molar-refractivity contribution < 1.29 is 9.18 Å². The second-order valence-electron chi connectivity index (χ2n) is 5.49. The summed E-state index contributed by atoms with van der Waals surface area (Å²) in [6, 6.07) is 11.8. The van der Waals surface area contributed by atoms with Crippen LogP contribution in [0.5, 0.6) is 0 Å². The molecule has 25 heavy (non-hydrogen) atoms. The summed E-state index contributed by atoms with van der Waals surface area (Å²) in [6.45, 7) is 0. The van der Waals surface area contributed by atoms with Crippen molar-refractivity contribution in [3.8, 4) is 0 Å². The molecule has 0 saturated carbocycles. The number of benzene rings is 2. The van der Waals surface area contributed by atoms with Gasteiger partial charge in [-0.1, -0.05) is 29.8 Å². The van der Waals surface area contributed by atoms with Gasteiger partial charge in [0.25, 0.3) is 0 Å². The number of amides is 2. The van der Waals surface area contributed by atoms with Crippen LogP contribution in [0.25, 0.3) is 0 Å². The Hall–Kier alpha value is -2.86. The zero-order chi connectivity index (χ0) is 17.8. The van der Waals surface area contributed by atoms with Gasteiger partial charge in [0.2, 0.25) is 0 Å². The summed E-state index contributed by atoms with van der Waals surface area (Å²) in [4.78, 5) is 16.7. The third-order valence-electron chi connectivity index (χ3n) is 3.68. The summed E-state index contributed by atoms with van der Waals surface area (Å²) in [5.74, 6) is 0.290. The maximum atomic E-state index is 13.2. The number of anilines is 1. The molecule has 1 heterocycles. The number of rotatable bonds is 4. The molecule has 0 fully saturated rings. The number of halogens is 2. The topological polar surface area (TPSA) is 59.0 Å². The average molecular weight is 359 g/mol. The number of carbonyl (C=O) groups excluding carboxylic acids is 1. The van der Waals surface area contributed by atoms with E-state index < -0.39 is 12.1 Å². The number of aromatic nitrogens is 2. The van der Waals surface area contributed by atoms with Crippen LogP contribution in [0.15, 0.2) is 60.9 Å². The summed E-state index contributed by atoms with van der Waals surface area (Å²) in [6.07, 6.45) is 3.42. The minimum absolute atomic E-state index is 0.342. The van der Waals surface area contributed by atoms with Crippen LogP contribution in [-0.4, -0.2) is 15.6 Å². The van der Waals surface area contributed by atoms with Crippen LogP contribution in [0.1, 0.15) is 17.4 Å². The number of aryl methyl sites for hydroxylation is 1.